The topological polar surface area (TPSA) is 64.4 Å². The first-order valence-electron chi connectivity index (χ1n) is 6.36. The van der Waals surface area contributed by atoms with Gasteiger partial charge in [-0.05, 0) is 33.6 Å². The lowest BCUT2D eigenvalue weighted by Crippen LogP contribution is -2.53. The van der Waals surface area contributed by atoms with Gasteiger partial charge in [-0.1, -0.05) is 0 Å². The smallest absolute Gasteiger partial charge is 0.242 e. The lowest BCUT2D eigenvalue weighted by Gasteiger charge is -2.33. The molecule has 0 saturated carbocycles. The summed E-state index contributed by atoms with van der Waals surface area (Å²) in [5.41, 5.74) is -0.363. The van der Waals surface area contributed by atoms with E-state index < -0.39 is 0 Å². The van der Waals surface area contributed by atoms with Gasteiger partial charge in [0, 0.05) is 13.1 Å². The quantitative estimate of drug-likeness (QED) is 0.732. The standard InChI is InChI=1S/C13H21N3O2/c1-4-15-8-12(18)16(9-11(15)17)7-5-6-13(2,3)10-14/h4-9H2,1-3H3. The number of rotatable bonds is 5. The third-order valence-electron chi connectivity index (χ3n) is 3.27. The predicted molar refractivity (Wildman–Crippen MR) is 67.5 cm³/mol. The second kappa shape index (κ2) is 5.85. The van der Waals surface area contributed by atoms with Crippen LogP contribution in [0.4, 0.5) is 0 Å². The van der Waals surface area contributed by atoms with Crippen molar-refractivity contribution < 1.29 is 9.59 Å². The fourth-order valence-corrected chi connectivity index (χ4v) is 1.96. The van der Waals surface area contributed by atoms with Crippen molar-refractivity contribution in [3.63, 3.8) is 0 Å². The maximum Gasteiger partial charge on any atom is 0.242 e. The van der Waals surface area contributed by atoms with E-state index in [1.54, 1.807) is 9.80 Å². The predicted octanol–water partition coefficient (Wildman–Crippen LogP) is 1.01. The molecule has 100 valence electrons. The number of carbonyl (C=O) groups excluding carboxylic acids is 2. The van der Waals surface area contributed by atoms with Crippen LogP contribution < -0.4 is 0 Å². The maximum absolute atomic E-state index is 11.8. The highest BCUT2D eigenvalue weighted by atomic mass is 16.2. The van der Waals surface area contributed by atoms with Crippen LogP contribution in [0, 0.1) is 16.7 Å². The summed E-state index contributed by atoms with van der Waals surface area (Å²) in [5, 5.41) is 8.90. The fraction of sp³-hybridized carbons (Fsp3) is 0.769. The van der Waals surface area contributed by atoms with Gasteiger partial charge in [-0.2, -0.15) is 5.26 Å². The van der Waals surface area contributed by atoms with Gasteiger partial charge in [0.05, 0.1) is 24.6 Å². The first kappa shape index (κ1) is 14.5. The molecule has 0 aromatic heterocycles. The van der Waals surface area contributed by atoms with Crippen molar-refractivity contribution in [2.45, 2.75) is 33.6 Å². The van der Waals surface area contributed by atoms with Crippen molar-refractivity contribution in [2.75, 3.05) is 26.2 Å². The zero-order chi connectivity index (χ0) is 13.8. The van der Waals surface area contributed by atoms with Crippen molar-refractivity contribution >= 4 is 11.8 Å². The van der Waals surface area contributed by atoms with Gasteiger partial charge >= 0.3 is 0 Å². The molecule has 0 aromatic carbocycles. The molecule has 0 spiro atoms. The highest BCUT2D eigenvalue weighted by molar-refractivity contribution is 5.92. The molecule has 1 aliphatic heterocycles. The molecular weight excluding hydrogens is 230 g/mol. The van der Waals surface area contributed by atoms with Crippen molar-refractivity contribution in [3.05, 3.63) is 0 Å². The van der Waals surface area contributed by atoms with Crippen LogP contribution in [0.1, 0.15) is 33.6 Å². The van der Waals surface area contributed by atoms with Crippen LogP contribution in [0.15, 0.2) is 0 Å². The molecule has 0 N–H and O–H groups in total. The summed E-state index contributed by atoms with van der Waals surface area (Å²) in [6.45, 7) is 7.16. The number of carbonyl (C=O) groups is 2. The van der Waals surface area contributed by atoms with Gasteiger partial charge in [-0.15, -0.1) is 0 Å². The van der Waals surface area contributed by atoms with Crippen LogP contribution >= 0.6 is 0 Å². The highest BCUT2D eigenvalue weighted by Gasteiger charge is 2.28. The Balaban J connectivity index is 2.43. The molecule has 1 heterocycles. The maximum atomic E-state index is 11.8. The second-order valence-electron chi connectivity index (χ2n) is 5.32. The molecule has 1 aliphatic rings. The van der Waals surface area contributed by atoms with E-state index in [1.165, 1.54) is 0 Å². The third-order valence-corrected chi connectivity index (χ3v) is 3.27. The largest absolute Gasteiger partial charge is 0.332 e. The van der Waals surface area contributed by atoms with Crippen molar-refractivity contribution in [1.29, 1.82) is 5.26 Å². The molecule has 0 bridgehead atoms. The number of hydrogen-bond acceptors (Lipinski definition) is 3. The number of likely N-dealkylation sites (N-methyl/N-ethyl adjacent to an activating group) is 1. The van der Waals surface area contributed by atoms with E-state index in [0.29, 0.717) is 13.1 Å². The summed E-state index contributed by atoms with van der Waals surface area (Å²) < 4.78 is 0. The Morgan fingerprint density at radius 1 is 1.22 bits per heavy atom. The van der Waals surface area contributed by atoms with Gasteiger partial charge in [0.25, 0.3) is 0 Å². The van der Waals surface area contributed by atoms with Crippen LogP contribution in [0.3, 0.4) is 0 Å². The van der Waals surface area contributed by atoms with Crippen LogP contribution in [0.2, 0.25) is 0 Å². The Morgan fingerprint density at radius 2 is 1.78 bits per heavy atom. The number of hydrogen-bond donors (Lipinski definition) is 0. The van der Waals surface area contributed by atoms with Crippen LogP contribution in [-0.2, 0) is 9.59 Å². The Labute approximate surface area is 108 Å². The summed E-state index contributed by atoms with van der Waals surface area (Å²) in [6, 6.07) is 2.24. The summed E-state index contributed by atoms with van der Waals surface area (Å²) >= 11 is 0. The number of amides is 2. The molecule has 1 rings (SSSR count). The zero-order valence-corrected chi connectivity index (χ0v) is 11.4. The van der Waals surface area contributed by atoms with Crippen molar-refractivity contribution in [3.8, 4) is 6.07 Å². The molecule has 1 saturated heterocycles. The van der Waals surface area contributed by atoms with Gasteiger partial charge in [0.2, 0.25) is 11.8 Å². The van der Waals surface area contributed by atoms with Crippen LogP contribution in [0.5, 0.6) is 0 Å². The minimum Gasteiger partial charge on any atom is -0.332 e. The first-order chi connectivity index (χ1) is 8.39. The minimum atomic E-state index is -0.363. The molecule has 0 aromatic rings. The number of nitriles is 1. The Bertz CT molecular complexity index is 371. The van der Waals surface area contributed by atoms with E-state index in [2.05, 4.69) is 6.07 Å². The van der Waals surface area contributed by atoms with E-state index in [1.807, 2.05) is 20.8 Å². The Morgan fingerprint density at radius 3 is 2.33 bits per heavy atom. The van der Waals surface area contributed by atoms with Gasteiger partial charge in [-0.25, -0.2) is 0 Å². The molecule has 0 aliphatic carbocycles. The number of nitrogens with zero attached hydrogens (tertiary/aromatic N) is 3. The average molecular weight is 251 g/mol. The third kappa shape index (κ3) is 3.73. The van der Waals surface area contributed by atoms with E-state index in [4.69, 9.17) is 5.26 Å². The summed E-state index contributed by atoms with van der Waals surface area (Å²) in [6.07, 6.45) is 1.49. The average Bonchev–Trinajstić information content (AvgIpc) is 2.33. The second-order valence-corrected chi connectivity index (χ2v) is 5.32. The summed E-state index contributed by atoms with van der Waals surface area (Å²) in [5.74, 6) is 0.0165. The van der Waals surface area contributed by atoms with Crippen molar-refractivity contribution in [1.82, 2.24) is 9.80 Å². The number of piperazine rings is 1. The minimum absolute atomic E-state index is 0.00575. The van der Waals surface area contributed by atoms with Crippen LogP contribution in [0.25, 0.3) is 0 Å². The van der Waals surface area contributed by atoms with Gasteiger partial charge in [0.15, 0.2) is 0 Å². The summed E-state index contributed by atoms with van der Waals surface area (Å²) in [4.78, 5) is 26.6. The van der Waals surface area contributed by atoms with E-state index in [0.717, 1.165) is 12.8 Å². The van der Waals surface area contributed by atoms with Gasteiger partial charge in [0.1, 0.15) is 0 Å². The first-order valence-corrected chi connectivity index (χ1v) is 6.36. The van der Waals surface area contributed by atoms with E-state index >= 15 is 0 Å². The van der Waals surface area contributed by atoms with E-state index in [-0.39, 0.29) is 30.3 Å². The van der Waals surface area contributed by atoms with E-state index in [9.17, 15) is 9.59 Å². The Kier molecular flexibility index (Phi) is 4.71. The molecule has 1 fully saturated rings. The molecule has 0 atom stereocenters. The molecule has 0 radical (unpaired) electrons. The molecule has 5 heteroatoms. The monoisotopic (exact) mass is 251 g/mol. The Hall–Kier alpha value is -1.57. The normalized spacial score (nSPS) is 17.0. The van der Waals surface area contributed by atoms with Gasteiger partial charge < -0.3 is 9.80 Å². The lowest BCUT2D eigenvalue weighted by molar-refractivity contribution is -0.149. The van der Waals surface area contributed by atoms with Crippen molar-refractivity contribution in [2.24, 2.45) is 5.41 Å². The molecule has 0 unspecified atom stereocenters. The molecule has 2 amide bonds. The SMILES string of the molecule is CCN1CC(=O)N(CCCC(C)(C)C#N)CC1=O. The molecular formula is C13H21N3O2. The molecule has 5 nitrogen and oxygen atoms in total. The lowest BCUT2D eigenvalue weighted by atomic mass is 9.90. The summed E-state index contributed by atoms with van der Waals surface area (Å²) in [7, 11) is 0. The van der Waals surface area contributed by atoms with Gasteiger partial charge in [-0.3, -0.25) is 9.59 Å². The fourth-order valence-electron chi connectivity index (χ4n) is 1.96. The highest BCUT2D eigenvalue weighted by Crippen LogP contribution is 2.21. The van der Waals surface area contributed by atoms with Crippen LogP contribution in [-0.4, -0.2) is 47.8 Å². The zero-order valence-electron chi connectivity index (χ0n) is 11.4. The molecule has 18 heavy (non-hydrogen) atoms.